The Balaban J connectivity index is 2.02. The molecule has 32 heavy (non-hydrogen) atoms. The minimum atomic E-state index is -0.859. The van der Waals surface area contributed by atoms with Gasteiger partial charge in [-0.3, -0.25) is 9.59 Å². The summed E-state index contributed by atoms with van der Waals surface area (Å²) in [6.07, 6.45) is 5.30. The Bertz CT molecular complexity index is 881. The van der Waals surface area contributed by atoms with E-state index in [1.165, 1.54) is 17.8 Å². The van der Waals surface area contributed by atoms with Gasteiger partial charge in [-0.15, -0.1) is 11.3 Å². The van der Waals surface area contributed by atoms with Gasteiger partial charge in [-0.05, 0) is 36.4 Å². The van der Waals surface area contributed by atoms with Crippen LogP contribution in [0.4, 0.5) is 0 Å². The number of amides is 2. The summed E-state index contributed by atoms with van der Waals surface area (Å²) in [4.78, 5) is 29.3. The van der Waals surface area contributed by atoms with Crippen LogP contribution >= 0.6 is 11.3 Å². The van der Waals surface area contributed by atoms with E-state index in [1.807, 2.05) is 11.4 Å². The second-order valence-corrected chi connectivity index (χ2v) is 8.77. The largest absolute Gasteiger partial charge is 0.497 e. The van der Waals surface area contributed by atoms with Gasteiger partial charge in [0.1, 0.15) is 17.5 Å². The van der Waals surface area contributed by atoms with Gasteiger partial charge in [0, 0.05) is 31.3 Å². The first-order chi connectivity index (χ1) is 15.6. The Kier molecular flexibility index (Phi) is 8.93. The molecule has 8 heteroatoms. The number of rotatable bonds is 10. The third-order valence-electron chi connectivity index (χ3n) is 5.78. The summed E-state index contributed by atoms with van der Waals surface area (Å²) in [6.45, 7) is 0.577. The van der Waals surface area contributed by atoms with Crippen molar-refractivity contribution in [1.29, 1.82) is 0 Å². The molecule has 1 atom stereocenters. The van der Waals surface area contributed by atoms with Crippen LogP contribution in [0.2, 0.25) is 0 Å². The van der Waals surface area contributed by atoms with Gasteiger partial charge in [0.15, 0.2) is 0 Å². The normalized spacial score (nSPS) is 15.1. The number of carbonyl (C=O) groups excluding carboxylic acids is 2. The van der Waals surface area contributed by atoms with Crippen molar-refractivity contribution in [3.8, 4) is 11.5 Å². The Morgan fingerprint density at radius 1 is 1.12 bits per heavy atom. The smallest absolute Gasteiger partial charge is 0.264 e. The average Bonchev–Trinajstić information content (AvgIpc) is 3.36. The van der Waals surface area contributed by atoms with Crippen molar-refractivity contribution in [1.82, 2.24) is 10.2 Å². The Hall–Kier alpha value is -2.58. The zero-order valence-electron chi connectivity index (χ0n) is 19.0. The van der Waals surface area contributed by atoms with Crippen molar-refractivity contribution in [2.24, 2.45) is 0 Å². The second kappa shape index (κ2) is 11.9. The maximum absolute atomic E-state index is 13.7. The summed E-state index contributed by atoms with van der Waals surface area (Å²) in [5.41, 5.74) is 0.614. The van der Waals surface area contributed by atoms with E-state index in [0.29, 0.717) is 28.5 Å². The van der Waals surface area contributed by atoms with Gasteiger partial charge < -0.3 is 24.4 Å². The van der Waals surface area contributed by atoms with Crippen LogP contribution in [-0.4, -0.2) is 57.2 Å². The fourth-order valence-electron chi connectivity index (χ4n) is 4.10. The summed E-state index contributed by atoms with van der Waals surface area (Å²) in [5, 5.41) is 5.05. The minimum absolute atomic E-state index is 0.115. The van der Waals surface area contributed by atoms with Crippen LogP contribution in [0.15, 0.2) is 35.7 Å². The molecule has 7 nitrogen and oxygen atoms in total. The first-order valence-corrected chi connectivity index (χ1v) is 11.8. The van der Waals surface area contributed by atoms with E-state index < -0.39 is 6.04 Å². The summed E-state index contributed by atoms with van der Waals surface area (Å²) in [7, 11) is 4.71. The molecule has 1 aromatic carbocycles. The molecular formula is C24H32N2O5S. The van der Waals surface area contributed by atoms with Crippen LogP contribution in [0.3, 0.4) is 0 Å². The van der Waals surface area contributed by atoms with E-state index in [9.17, 15) is 9.59 Å². The molecule has 0 radical (unpaired) electrons. The molecule has 0 aliphatic heterocycles. The fourth-order valence-corrected chi connectivity index (χ4v) is 4.78. The number of nitrogens with one attached hydrogen (secondary N) is 1. The van der Waals surface area contributed by atoms with Crippen LogP contribution in [-0.2, 0) is 9.53 Å². The van der Waals surface area contributed by atoms with Gasteiger partial charge in [-0.1, -0.05) is 25.3 Å². The zero-order chi connectivity index (χ0) is 22.9. The van der Waals surface area contributed by atoms with Crippen LogP contribution < -0.4 is 14.8 Å². The zero-order valence-corrected chi connectivity index (χ0v) is 19.8. The molecule has 174 valence electrons. The highest BCUT2D eigenvalue weighted by Crippen LogP contribution is 2.34. The number of thiophene rings is 1. The third-order valence-corrected chi connectivity index (χ3v) is 6.63. The fraction of sp³-hybridized carbons (Fsp3) is 0.500. The van der Waals surface area contributed by atoms with Gasteiger partial charge in [0.05, 0.1) is 25.7 Å². The summed E-state index contributed by atoms with van der Waals surface area (Å²) in [5.74, 6) is 0.694. The molecule has 1 aliphatic carbocycles. The van der Waals surface area contributed by atoms with E-state index in [1.54, 1.807) is 50.5 Å². The van der Waals surface area contributed by atoms with Crippen molar-refractivity contribution in [2.45, 2.75) is 44.2 Å². The molecule has 1 unspecified atom stereocenters. The SMILES string of the molecule is COCCN(C(=O)c1cccs1)C(C(=O)NC1CCCCC1)c1ccc(OC)cc1OC. The minimum Gasteiger partial charge on any atom is -0.497 e. The van der Waals surface area contributed by atoms with E-state index in [0.717, 1.165) is 25.7 Å². The van der Waals surface area contributed by atoms with Gasteiger partial charge >= 0.3 is 0 Å². The van der Waals surface area contributed by atoms with Crippen LogP contribution in [0.1, 0.15) is 53.4 Å². The highest BCUT2D eigenvalue weighted by Gasteiger charge is 2.35. The Labute approximate surface area is 193 Å². The first-order valence-electron chi connectivity index (χ1n) is 10.9. The summed E-state index contributed by atoms with van der Waals surface area (Å²) >= 11 is 1.35. The van der Waals surface area contributed by atoms with Gasteiger partial charge in [-0.25, -0.2) is 0 Å². The van der Waals surface area contributed by atoms with Crippen LogP contribution in [0.5, 0.6) is 11.5 Å². The number of nitrogens with zero attached hydrogens (tertiary/aromatic N) is 1. The molecular weight excluding hydrogens is 428 g/mol. The molecule has 2 amide bonds. The number of ether oxygens (including phenoxy) is 3. The molecule has 3 rings (SSSR count). The number of methoxy groups -OCH3 is 3. The van der Waals surface area contributed by atoms with Crippen LogP contribution in [0.25, 0.3) is 0 Å². The lowest BCUT2D eigenvalue weighted by Crippen LogP contribution is -2.48. The predicted molar refractivity (Wildman–Crippen MR) is 125 cm³/mol. The highest BCUT2D eigenvalue weighted by atomic mass is 32.1. The monoisotopic (exact) mass is 460 g/mol. The molecule has 1 aromatic heterocycles. The molecule has 1 N–H and O–H groups in total. The molecule has 2 aromatic rings. The third kappa shape index (κ3) is 5.81. The molecule has 1 fully saturated rings. The average molecular weight is 461 g/mol. The lowest BCUT2D eigenvalue weighted by Gasteiger charge is -2.33. The van der Waals surface area contributed by atoms with Crippen molar-refractivity contribution in [3.63, 3.8) is 0 Å². The number of carbonyl (C=O) groups is 2. The quantitative estimate of drug-likeness (QED) is 0.579. The second-order valence-electron chi connectivity index (χ2n) is 7.82. The number of benzene rings is 1. The molecule has 1 aliphatic rings. The van der Waals surface area contributed by atoms with Gasteiger partial charge in [0.2, 0.25) is 5.91 Å². The van der Waals surface area contributed by atoms with E-state index in [2.05, 4.69) is 5.32 Å². The summed E-state index contributed by atoms with van der Waals surface area (Å²) in [6, 6.07) is 8.17. The van der Waals surface area contributed by atoms with Gasteiger partial charge in [0.25, 0.3) is 5.91 Å². The van der Waals surface area contributed by atoms with Crippen molar-refractivity contribution in [3.05, 3.63) is 46.2 Å². The van der Waals surface area contributed by atoms with Crippen LogP contribution in [0, 0.1) is 0 Å². The maximum Gasteiger partial charge on any atom is 0.264 e. The Morgan fingerprint density at radius 3 is 2.53 bits per heavy atom. The highest BCUT2D eigenvalue weighted by molar-refractivity contribution is 7.12. The van der Waals surface area contributed by atoms with Crippen molar-refractivity contribution >= 4 is 23.2 Å². The van der Waals surface area contributed by atoms with Crippen molar-refractivity contribution in [2.75, 3.05) is 34.5 Å². The van der Waals surface area contributed by atoms with Gasteiger partial charge in [-0.2, -0.15) is 0 Å². The molecule has 0 bridgehead atoms. The van der Waals surface area contributed by atoms with E-state index in [-0.39, 0.29) is 24.4 Å². The maximum atomic E-state index is 13.7. The molecule has 0 saturated heterocycles. The van der Waals surface area contributed by atoms with Crippen molar-refractivity contribution < 1.29 is 23.8 Å². The van der Waals surface area contributed by atoms with E-state index in [4.69, 9.17) is 14.2 Å². The first kappa shape index (κ1) is 24.1. The standard InChI is InChI=1S/C24H32N2O5S/c1-29-14-13-26(24(28)21-10-7-15-32-21)22(23(27)25-17-8-5-4-6-9-17)19-12-11-18(30-2)16-20(19)31-3/h7,10-12,15-17,22H,4-6,8-9,13-14H2,1-3H3,(H,25,27). The molecule has 0 spiro atoms. The topological polar surface area (TPSA) is 77.1 Å². The lowest BCUT2D eigenvalue weighted by molar-refractivity contribution is -0.127. The molecule has 1 saturated carbocycles. The Morgan fingerprint density at radius 2 is 1.91 bits per heavy atom. The predicted octanol–water partition coefficient (Wildman–Crippen LogP) is 4.04. The number of hydrogen-bond donors (Lipinski definition) is 1. The lowest BCUT2D eigenvalue weighted by atomic mass is 9.94. The summed E-state index contributed by atoms with van der Waals surface area (Å²) < 4.78 is 16.2. The van der Waals surface area contributed by atoms with E-state index >= 15 is 0 Å². The molecule has 1 heterocycles. The number of hydrogen-bond acceptors (Lipinski definition) is 6.